The van der Waals surface area contributed by atoms with Gasteiger partial charge in [-0.25, -0.2) is 8.42 Å². The molecule has 0 saturated carbocycles. The zero-order valence-electron chi connectivity index (χ0n) is 21.3. The van der Waals surface area contributed by atoms with Crippen LogP contribution in [0.4, 0.5) is 5.69 Å². The second-order valence-electron chi connectivity index (χ2n) is 9.45. The highest BCUT2D eigenvalue weighted by molar-refractivity contribution is 7.92. The van der Waals surface area contributed by atoms with Crippen LogP contribution in [-0.4, -0.2) is 50.5 Å². The molecule has 1 unspecified atom stereocenters. The summed E-state index contributed by atoms with van der Waals surface area (Å²) in [5.74, 6) is -0.492. The highest BCUT2D eigenvalue weighted by Gasteiger charge is 2.31. The molecule has 0 saturated heterocycles. The molecule has 1 N–H and O–H groups in total. The number of para-hydroxylation sites is 1. The summed E-state index contributed by atoms with van der Waals surface area (Å²) in [5.41, 5.74) is 2.01. The van der Waals surface area contributed by atoms with Gasteiger partial charge in [-0.2, -0.15) is 0 Å². The summed E-state index contributed by atoms with van der Waals surface area (Å²) in [4.78, 5) is 27.9. The number of sulfonamides is 1. The summed E-state index contributed by atoms with van der Waals surface area (Å²) in [6.07, 6.45) is 1.08. The number of anilines is 1. The first-order chi connectivity index (χ1) is 16.3. The molecule has 0 spiro atoms. The average molecular weight is 522 g/mol. The maximum absolute atomic E-state index is 13.6. The zero-order valence-corrected chi connectivity index (χ0v) is 22.9. The largest absolute Gasteiger partial charge is 0.354 e. The Hall–Kier alpha value is -2.58. The summed E-state index contributed by atoms with van der Waals surface area (Å²) >= 11 is 6.14. The van der Waals surface area contributed by atoms with Crippen molar-refractivity contribution < 1.29 is 18.0 Å². The fraction of sp³-hybridized carbons (Fsp3) is 0.462. The van der Waals surface area contributed by atoms with Crippen molar-refractivity contribution in [2.24, 2.45) is 5.92 Å². The van der Waals surface area contributed by atoms with Gasteiger partial charge in [0.25, 0.3) is 0 Å². The summed E-state index contributed by atoms with van der Waals surface area (Å²) in [6.45, 7) is 9.70. The van der Waals surface area contributed by atoms with Gasteiger partial charge in [0.1, 0.15) is 12.6 Å². The Morgan fingerprint density at radius 1 is 1.00 bits per heavy atom. The van der Waals surface area contributed by atoms with E-state index in [1.54, 1.807) is 37.3 Å². The van der Waals surface area contributed by atoms with Crippen LogP contribution in [0.3, 0.4) is 0 Å². The van der Waals surface area contributed by atoms with Gasteiger partial charge in [-0.15, -0.1) is 0 Å². The number of hydrogen-bond donors (Lipinski definition) is 1. The van der Waals surface area contributed by atoms with Crippen molar-refractivity contribution in [3.05, 3.63) is 64.7 Å². The van der Waals surface area contributed by atoms with E-state index in [4.69, 9.17) is 11.6 Å². The molecule has 7 nitrogen and oxygen atoms in total. The van der Waals surface area contributed by atoms with Crippen LogP contribution in [0.15, 0.2) is 48.5 Å². The van der Waals surface area contributed by atoms with Gasteiger partial charge in [-0.05, 0) is 48.1 Å². The third kappa shape index (κ3) is 8.25. The van der Waals surface area contributed by atoms with Gasteiger partial charge in [0.05, 0.1) is 11.9 Å². The van der Waals surface area contributed by atoms with Crippen molar-refractivity contribution in [3.8, 4) is 0 Å². The first-order valence-electron chi connectivity index (χ1n) is 11.7. The Balaban J connectivity index is 2.43. The molecule has 0 aliphatic rings. The smallest absolute Gasteiger partial charge is 0.244 e. The van der Waals surface area contributed by atoms with Gasteiger partial charge in [0.15, 0.2) is 0 Å². The summed E-state index contributed by atoms with van der Waals surface area (Å²) in [6, 6.07) is 13.4. The Kier molecular flexibility index (Phi) is 10.2. The molecule has 9 heteroatoms. The van der Waals surface area contributed by atoms with E-state index in [2.05, 4.69) is 5.32 Å². The van der Waals surface area contributed by atoms with E-state index in [9.17, 15) is 18.0 Å². The van der Waals surface area contributed by atoms with Crippen LogP contribution in [-0.2, 0) is 26.2 Å². The molecule has 1 atom stereocenters. The summed E-state index contributed by atoms with van der Waals surface area (Å²) in [7, 11) is -3.79. The SMILES string of the molecule is CC(C)CNC(=O)C(C)N(Cc1cccc(Cl)c1)C(=O)CN(c1ccccc1C(C)C)S(C)(=O)=O. The maximum atomic E-state index is 13.6. The minimum Gasteiger partial charge on any atom is -0.354 e. The Morgan fingerprint density at radius 3 is 2.23 bits per heavy atom. The highest BCUT2D eigenvalue weighted by Crippen LogP contribution is 2.29. The fourth-order valence-electron chi connectivity index (χ4n) is 3.66. The molecule has 0 heterocycles. The van der Waals surface area contributed by atoms with E-state index in [1.807, 2.05) is 45.9 Å². The molecule has 192 valence electrons. The highest BCUT2D eigenvalue weighted by atomic mass is 35.5. The Labute approximate surface area is 214 Å². The molecule has 2 aromatic rings. The number of benzene rings is 2. The van der Waals surface area contributed by atoms with E-state index in [0.29, 0.717) is 17.3 Å². The molecular formula is C26H36ClN3O4S. The lowest BCUT2D eigenvalue weighted by Gasteiger charge is -2.32. The number of nitrogens with one attached hydrogen (secondary N) is 1. The van der Waals surface area contributed by atoms with Gasteiger partial charge in [0.2, 0.25) is 21.8 Å². The predicted octanol–water partition coefficient (Wildman–Crippen LogP) is 4.42. The van der Waals surface area contributed by atoms with Crippen LogP contribution >= 0.6 is 11.6 Å². The average Bonchev–Trinajstić information content (AvgIpc) is 2.78. The van der Waals surface area contributed by atoms with E-state index in [0.717, 1.165) is 21.7 Å². The van der Waals surface area contributed by atoms with Crippen molar-refractivity contribution in [2.45, 2.75) is 53.1 Å². The lowest BCUT2D eigenvalue weighted by molar-refractivity contribution is -0.139. The zero-order chi connectivity index (χ0) is 26.3. The number of amides is 2. The topological polar surface area (TPSA) is 86.8 Å². The first-order valence-corrected chi connectivity index (χ1v) is 13.9. The van der Waals surface area contributed by atoms with Crippen LogP contribution in [0.5, 0.6) is 0 Å². The molecule has 0 aliphatic heterocycles. The van der Waals surface area contributed by atoms with Gasteiger partial charge < -0.3 is 10.2 Å². The molecule has 2 amide bonds. The van der Waals surface area contributed by atoms with Crippen LogP contribution in [0.25, 0.3) is 0 Å². The standard InChI is InChI=1S/C26H36ClN3O4S/c1-18(2)15-28-26(32)20(5)29(16-21-10-9-11-22(27)14-21)25(31)17-30(35(6,33)34)24-13-8-7-12-23(24)19(3)4/h7-14,18-20H,15-17H2,1-6H3,(H,28,32). The van der Waals surface area contributed by atoms with Crippen molar-refractivity contribution in [1.82, 2.24) is 10.2 Å². The van der Waals surface area contributed by atoms with Crippen LogP contribution in [0.2, 0.25) is 5.02 Å². The van der Waals surface area contributed by atoms with E-state index < -0.39 is 28.5 Å². The summed E-state index contributed by atoms with van der Waals surface area (Å²) < 4.78 is 26.7. The maximum Gasteiger partial charge on any atom is 0.244 e. The summed E-state index contributed by atoms with van der Waals surface area (Å²) in [5, 5.41) is 3.37. The number of carbonyl (C=O) groups excluding carboxylic acids is 2. The minimum absolute atomic E-state index is 0.0499. The monoisotopic (exact) mass is 521 g/mol. The fourth-order valence-corrected chi connectivity index (χ4v) is 4.75. The second kappa shape index (κ2) is 12.4. The lowest BCUT2D eigenvalue weighted by atomic mass is 10.0. The van der Waals surface area contributed by atoms with Gasteiger partial charge in [0, 0.05) is 18.1 Å². The van der Waals surface area contributed by atoms with Gasteiger partial charge >= 0.3 is 0 Å². The third-order valence-electron chi connectivity index (χ3n) is 5.60. The number of rotatable bonds is 11. The van der Waals surface area contributed by atoms with E-state index in [-0.39, 0.29) is 24.3 Å². The molecule has 2 rings (SSSR count). The van der Waals surface area contributed by atoms with Crippen molar-refractivity contribution in [3.63, 3.8) is 0 Å². The second-order valence-corrected chi connectivity index (χ2v) is 11.8. The lowest BCUT2D eigenvalue weighted by Crippen LogP contribution is -2.51. The van der Waals surface area contributed by atoms with Gasteiger partial charge in [-0.1, -0.05) is 69.6 Å². The van der Waals surface area contributed by atoms with E-state index >= 15 is 0 Å². The molecular weight excluding hydrogens is 486 g/mol. The molecule has 35 heavy (non-hydrogen) atoms. The van der Waals surface area contributed by atoms with Crippen LogP contribution in [0.1, 0.15) is 51.7 Å². The third-order valence-corrected chi connectivity index (χ3v) is 6.96. The van der Waals surface area contributed by atoms with Crippen LogP contribution in [0, 0.1) is 5.92 Å². The Morgan fingerprint density at radius 2 is 1.66 bits per heavy atom. The van der Waals surface area contributed by atoms with Crippen molar-refractivity contribution in [1.29, 1.82) is 0 Å². The number of hydrogen-bond acceptors (Lipinski definition) is 4. The van der Waals surface area contributed by atoms with Crippen LogP contribution < -0.4 is 9.62 Å². The predicted molar refractivity (Wildman–Crippen MR) is 142 cm³/mol. The Bertz CT molecular complexity index is 1130. The molecule has 0 aliphatic carbocycles. The number of nitrogens with zero attached hydrogens (tertiary/aromatic N) is 2. The minimum atomic E-state index is -3.79. The number of carbonyl (C=O) groups is 2. The number of halogens is 1. The van der Waals surface area contributed by atoms with Crippen molar-refractivity contribution in [2.75, 3.05) is 23.7 Å². The normalized spacial score (nSPS) is 12.5. The first kappa shape index (κ1) is 28.7. The van der Waals surface area contributed by atoms with Gasteiger partial charge in [-0.3, -0.25) is 13.9 Å². The molecule has 2 aromatic carbocycles. The quantitative estimate of drug-likeness (QED) is 0.474. The molecule has 0 aromatic heterocycles. The van der Waals surface area contributed by atoms with Crippen molar-refractivity contribution >= 4 is 39.1 Å². The molecule has 0 radical (unpaired) electrons. The molecule has 0 fully saturated rings. The van der Waals surface area contributed by atoms with E-state index in [1.165, 1.54) is 4.90 Å². The molecule has 0 bridgehead atoms.